The third kappa shape index (κ3) is 3.06. The number of rotatable bonds is 4. The summed E-state index contributed by atoms with van der Waals surface area (Å²) < 4.78 is 0. The lowest BCUT2D eigenvalue weighted by molar-refractivity contribution is -0.127. The van der Waals surface area contributed by atoms with Crippen molar-refractivity contribution in [2.24, 2.45) is 5.84 Å². The minimum atomic E-state index is -0.487. The van der Waals surface area contributed by atoms with Crippen LogP contribution in [0.5, 0.6) is 0 Å². The molecule has 16 heavy (non-hydrogen) atoms. The first kappa shape index (κ1) is 12.2. The second-order valence-corrected chi connectivity index (χ2v) is 3.22. The van der Waals surface area contributed by atoms with Crippen LogP contribution in [0.25, 0.3) is 0 Å². The van der Waals surface area contributed by atoms with Gasteiger partial charge in [0.2, 0.25) is 11.8 Å². The van der Waals surface area contributed by atoms with Gasteiger partial charge in [0.05, 0.1) is 0 Å². The van der Waals surface area contributed by atoms with Gasteiger partial charge in [0.1, 0.15) is 6.42 Å². The number of hydrazine groups is 1. The van der Waals surface area contributed by atoms with E-state index in [2.05, 4.69) is 0 Å². The van der Waals surface area contributed by atoms with Gasteiger partial charge in [-0.1, -0.05) is 18.2 Å². The summed E-state index contributed by atoms with van der Waals surface area (Å²) in [4.78, 5) is 24.3. The van der Waals surface area contributed by atoms with Gasteiger partial charge in [0.25, 0.3) is 0 Å². The van der Waals surface area contributed by atoms with Crippen LogP contribution in [0.4, 0.5) is 5.69 Å². The van der Waals surface area contributed by atoms with Gasteiger partial charge < -0.3 is 4.90 Å². The van der Waals surface area contributed by atoms with Gasteiger partial charge in [0, 0.05) is 12.2 Å². The number of nitrogens with zero attached hydrogens (tertiary/aromatic N) is 1. The highest BCUT2D eigenvalue weighted by atomic mass is 16.2. The first-order chi connectivity index (χ1) is 7.69. The molecular formula is C11H15N3O2. The van der Waals surface area contributed by atoms with Crippen molar-refractivity contribution in [3.05, 3.63) is 30.3 Å². The quantitative estimate of drug-likeness (QED) is 0.335. The molecule has 0 bridgehead atoms. The smallest absolute Gasteiger partial charge is 0.243 e. The van der Waals surface area contributed by atoms with Crippen LogP contribution in [0, 0.1) is 0 Å². The SMILES string of the molecule is CCN(C(=O)CC(=O)NN)c1ccccc1. The molecule has 0 heterocycles. The van der Waals surface area contributed by atoms with Gasteiger partial charge >= 0.3 is 0 Å². The number of nitrogens with two attached hydrogens (primary N) is 1. The molecule has 5 nitrogen and oxygen atoms in total. The van der Waals surface area contributed by atoms with Crippen LogP contribution >= 0.6 is 0 Å². The Morgan fingerprint density at radius 2 is 1.94 bits per heavy atom. The summed E-state index contributed by atoms with van der Waals surface area (Å²) in [7, 11) is 0. The summed E-state index contributed by atoms with van der Waals surface area (Å²) in [6.07, 6.45) is -0.237. The Kier molecular flexibility index (Phi) is 4.47. The molecule has 0 aliphatic rings. The first-order valence-electron chi connectivity index (χ1n) is 5.04. The molecule has 2 amide bonds. The largest absolute Gasteiger partial charge is 0.312 e. The number of hydrogen-bond donors (Lipinski definition) is 2. The molecule has 0 atom stereocenters. The third-order valence-electron chi connectivity index (χ3n) is 2.16. The van der Waals surface area contributed by atoms with Crippen molar-refractivity contribution in [3.8, 4) is 0 Å². The second-order valence-electron chi connectivity index (χ2n) is 3.22. The molecule has 0 spiro atoms. The van der Waals surface area contributed by atoms with Gasteiger partial charge in [-0.3, -0.25) is 15.0 Å². The average molecular weight is 221 g/mol. The zero-order valence-corrected chi connectivity index (χ0v) is 9.14. The Morgan fingerprint density at radius 1 is 1.31 bits per heavy atom. The highest BCUT2D eigenvalue weighted by molar-refractivity contribution is 6.04. The topological polar surface area (TPSA) is 75.4 Å². The molecule has 0 fully saturated rings. The summed E-state index contributed by atoms with van der Waals surface area (Å²) in [5.74, 6) is 4.18. The minimum Gasteiger partial charge on any atom is -0.312 e. The van der Waals surface area contributed by atoms with Crippen LogP contribution in [0.3, 0.4) is 0 Å². The maximum absolute atomic E-state index is 11.8. The number of hydrogen-bond acceptors (Lipinski definition) is 3. The minimum absolute atomic E-state index is 0.237. The number of para-hydroxylation sites is 1. The number of anilines is 1. The van der Waals surface area contributed by atoms with E-state index in [1.165, 1.54) is 4.90 Å². The van der Waals surface area contributed by atoms with Crippen LogP contribution in [0.1, 0.15) is 13.3 Å². The predicted molar refractivity (Wildman–Crippen MR) is 61.4 cm³/mol. The molecule has 86 valence electrons. The molecule has 1 aromatic rings. The van der Waals surface area contributed by atoms with Crippen molar-refractivity contribution in [3.63, 3.8) is 0 Å². The Bertz CT molecular complexity index is 365. The highest BCUT2D eigenvalue weighted by Gasteiger charge is 2.16. The Morgan fingerprint density at radius 3 is 2.44 bits per heavy atom. The zero-order chi connectivity index (χ0) is 12.0. The van der Waals surface area contributed by atoms with E-state index in [1.807, 2.05) is 42.7 Å². The number of carbonyl (C=O) groups excluding carboxylic acids is 2. The molecular weight excluding hydrogens is 206 g/mol. The lowest BCUT2D eigenvalue weighted by Gasteiger charge is -2.20. The van der Waals surface area contributed by atoms with Crippen molar-refractivity contribution >= 4 is 17.5 Å². The maximum atomic E-state index is 11.8. The van der Waals surface area contributed by atoms with Crippen molar-refractivity contribution in [2.75, 3.05) is 11.4 Å². The van der Waals surface area contributed by atoms with Crippen molar-refractivity contribution in [1.29, 1.82) is 0 Å². The van der Waals surface area contributed by atoms with Crippen LogP contribution in [-0.2, 0) is 9.59 Å². The zero-order valence-electron chi connectivity index (χ0n) is 9.14. The van der Waals surface area contributed by atoms with Crippen molar-refractivity contribution in [2.45, 2.75) is 13.3 Å². The third-order valence-corrected chi connectivity index (χ3v) is 2.16. The van der Waals surface area contributed by atoms with E-state index in [-0.39, 0.29) is 12.3 Å². The van der Waals surface area contributed by atoms with E-state index in [0.29, 0.717) is 6.54 Å². The van der Waals surface area contributed by atoms with E-state index in [1.54, 1.807) is 0 Å². The number of benzene rings is 1. The molecule has 5 heteroatoms. The highest BCUT2D eigenvalue weighted by Crippen LogP contribution is 2.13. The fraction of sp³-hybridized carbons (Fsp3) is 0.273. The number of carbonyl (C=O) groups is 2. The molecule has 0 aromatic heterocycles. The molecule has 0 saturated carbocycles. The van der Waals surface area contributed by atoms with Crippen LogP contribution < -0.4 is 16.2 Å². The normalized spacial score (nSPS) is 9.62. The van der Waals surface area contributed by atoms with E-state index < -0.39 is 5.91 Å². The monoisotopic (exact) mass is 221 g/mol. The summed E-state index contributed by atoms with van der Waals surface area (Å²) in [6.45, 7) is 2.37. The van der Waals surface area contributed by atoms with Gasteiger partial charge in [-0.15, -0.1) is 0 Å². The molecule has 1 rings (SSSR count). The Hall–Kier alpha value is -1.88. The first-order valence-corrected chi connectivity index (χ1v) is 5.04. The van der Waals surface area contributed by atoms with Crippen molar-refractivity contribution < 1.29 is 9.59 Å². The molecule has 0 aliphatic carbocycles. The molecule has 0 unspecified atom stereocenters. The Labute approximate surface area is 94.2 Å². The van der Waals surface area contributed by atoms with Crippen LogP contribution in [-0.4, -0.2) is 18.4 Å². The Balaban J connectivity index is 2.75. The van der Waals surface area contributed by atoms with Crippen LogP contribution in [0.2, 0.25) is 0 Å². The summed E-state index contributed by atoms with van der Waals surface area (Å²) >= 11 is 0. The van der Waals surface area contributed by atoms with Crippen LogP contribution in [0.15, 0.2) is 30.3 Å². The van der Waals surface area contributed by atoms with Gasteiger partial charge in [0.15, 0.2) is 0 Å². The van der Waals surface area contributed by atoms with Crippen molar-refractivity contribution in [1.82, 2.24) is 5.43 Å². The molecule has 0 saturated heterocycles. The average Bonchev–Trinajstić information content (AvgIpc) is 2.31. The van der Waals surface area contributed by atoms with E-state index in [9.17, 15) is 9.59 Å². The fourth-order valence-corrected chi connectivity index (χ4v) is 1.39. The fourth-order valence-electron chi connectivity index (χ4n) is 1.39. The van der Waals surface area contributed by atoms with E-state index >= 15 is 0 Å². The van der Waals surface area contributed by atoms with Gasteiger partial charge in [-0.05, 0) is 19.1 Å². The number of amides is 2. The van der Waals surface area contributed by atoms with E-state index in [0.717, 1.165) is 5.69 Å². The second kappa shape index (κ2) is 5.87. The lowest BCUT2D eigenvalue weighted by Crippen LogP contribution is -2.38. The predicted octanol–water partition coefficient (Wildman–Crippen LogP) is 0.419. The summed E-state index contributed by atoms with van der Waals surface area (Å²) in [5, 5.41) is 0. The van der Waals surface area contributed by atoms with Gasteiger partial charge in [-0.2, -0.15) is 0 Å². The standard InChI is InChI=1S/C11H15N3O2/c1-2-14(9-6-4-3-5-7-9)11(16)8-10(15)13-12/h3-7H,2,8,12H2,1H3,(H,13,15). The number of nitrogens with one attached hydrogen (secondary N) is 1. The molecule has 0 radical (unpaired) electrons. The van der Waals surface area contributed by atoms with E-state index in [4.69, 9.17) is 5.84 Å². The summed E-state index contributed by atoms with van der Waals surface area (Å²) in [6, 6.07) is 9.19. The lowest BCUT2D eigenvalue weighted by atomic mass is 10.2. The van der Waals surface area contributed by atoms with Gasteiger partial charge in [-0.25, -0.2) is 5.84 Å². The maximum Gasteiger partial charge on any atom is 0.243 e. The molecule has 3 N–H and O–H groups in total. The molecule has 0 aliphatic heterocycles. The molecule has 1 aromatic carbocycles. The summed E-state index contributed by atoms with van der Waals surface area (Å²) in [5.41, 5.74) is 2.72.